The molecule has 0 saturated heterocycles. The van der Waals surface area contributed by atoms with Gasteiger partial charge in [0.15, 0.2) is 0 Å². The Morgan fingerprint density at radius 2 is 2.06 bits per heavy atom. The van der Waals surface area contributed by atoms with Crippen LogP contribution in [0, 0.1) is 0 Å². The van der Waals surface area contributed by atoms with Gasteiger partial charge in [-0.15, -0.1) is 0 Å². The van der Waals surface area contributed by atoms with E-state index < -0.39 is 24.4 Å². The van der Waals surface area contributed by atoms with E-state index in [1.807, 2.05) is 0 Å². The summed E-state index contributed by atoms with van der Waals surface area (Å²) in [4.78, 5) is 0. The van der Waals surface area contributed by atoms with Crippen LogP contribution in [0.5, 0.6) is 5.75 Å². The highest BCUT2D eigenvalue weighted by atomic mass is 19.4. The smallest absolute Gasteiger partial charge is 0.416 e. The van der Waals surface area contributed by atoms with Crippen LogP contribution in [0.2, 0.25) is 0 Å². The highest BCUT2D eigenvalue weighted by Gasteiger charge is 2.35. The van der Waals surface area contributed by atoms with Gasteiger partial charge < -0.3 is 15.6 Å². The van der Waals surface area contributed by atoms with Crippen LogP contribution < -0.4 is 10.5 Å². The summed E-state index contributed by atoms with van der Waals surface area (Å²) in [5.74, 6) is 0.0983. The molecule has 90 valence electrons. The number of rotatable bonds is 3. The fourth-order valence-electron chi connectivity index (χ4n) is 1.33. The van der Waals surface area contributed by atoms with Crippen molar-refractivity contribution >= 4 is 0 Å². The van der Waals surface area contributed by atoms with Gasteiger partial charge in [-0.3, -0.25) is 0 Å². The van der Waals surface area contributed by atoms with Crippen LogP contribution >= 0.6 is 0 Å². The summed E-state index contributed by atoms with van der Waals surface area (Å²) in [5, 5.41) is 8.78. The van der Waals surface area contributed by atoms with Crippen molar-refractivity contribution in [3.63, 3.8) is 0 Å². The topological polar surface area (TPSA) is 55.5 Å². The number of hydrogen-bond acceptors (Lipinski definition) is 3. The summed E-state index contributed by atoms with van der Waals surface area (Å²) >= 11 is 0. The molecule has 0 aliphatic carbocycles. The summed E-state index contributed by atoms with van der Waals surface area (Å²) in [6.07, 6.45) is -4.52. The molecule has 0 amide bonds. The number of aliphatic hydroxyl groups excluding tert-OH is 1. The molecule has 0 aromatic heterocycles. The van der Waals surface area contributed by atoms with Gasteiger partial charge in [-0.05, 0) is 17.7 Å². The second-order valence-electron chi connectivity index (χ2n) is 3.24. The molecule has 0 fully saturated rings. The zero-order valence-corrected chi connectivity index (χ0v) is 8.58. The molecular formula is C10H12F3NO2. The maximum Gasteiger partial charge on any atom is 0.416 e. The number of halogens is 3. The Balaban J connectivity index is 3.27. The van der Waals surface area contributed by atoms with Gasteiger partial charge in [-0.1, -0.05) is 6.07 Å². The van der Waals surface area contributed by atoms with Crippen molar-refractivity contribution in [2.75, 3.05) is 13.7 Å². The minimum atomic E-state index is -4.52. The van der Waals surface area contributed by atoms with Crippen molar-refractivity contribution in [3.8, 4) is 5.75 Å². The van der Waals surface area contributed by atoms with E-state index in [0.29, 0.717) is 0 Å². The predicted octanol–water partition coefficient (Wildman–Crippen LogP) is 1.71. The Kier molecular flexibility index (Phi) is 3.77. The lowest BCUT2D eigenvalue weighted by molar-refractivity contribution is -0.138. The maximum atomic E-state index is 12.7. The van der Waals surface area contributed by atoms with Gasteiger partial charge in [0, 0.05) is 0 Å². The first-order chi connectivity index (χ1) is 7.40. The molecule has 0 aliphatic heterocycles. The number of aliphatic hydroxyl groups is 1. The first-order valence-electron chi connectivity index (χ1n) is 4.51. The van der Waals surface area contributed by atoms with Gasteiger partial charge in [0.05, 0.1) is 25.3 Å². The highest BCUT2D eigenvalue weighted by Crippen LogP contribution is 2.36. The lowest BCUT2D eigenvalue weighted by Gasteiger charge is -2.17. The lowest BCUT2D eigenvalue weighted by atomic mass is 10.0. The van der Waals surface area contributed by atoms with Gasteiger partial charge >= 0.3 is 6.18 Å². The van der Waals surface area contributed by atoms with E-state index in [1.54, 1.807) is 0 Å². The SMILES string of the molecule is COc1ccc(C(N)CO)c(C(F)(F)F)c1. The van der Waals surface area contributed by atoms with Gasteiger partial charge in [0.25, 0.3) is 0 Å². The zero-order chi connectivity index (χ0) is 12.3. The molecule has 16 heavy (non-hydrogen) atoms. The first kappa shape index (κ1) is 12.8. The quantitative estimate of drug-likeness (QED) is 0.838. The fourth-order valence-corrected chi connectivity index (χ4v) is 1.33. The van der Waals surface area contributed by atoms with Crippen molar-refractivity contribution in [1.82, 2.24) is 0 Å². The Hall–Kier alpha value is -1.27. The van der Waals surface area contributed by atoms with Gasteiger partial charge in [0.2, 0.25) is 0 Å². The Bertz CT molecular complexity index is 366. The van der Waals surface area contributed by atoms with E-state index in [0.717, 1.165) is 6.07 Å². The van der Waals surface area contributed by atoms with E-state index in [-0.39, 0.29) is 11.3 Å². The molecule has 1 rings (SSSR count). The number of ether oxygens (including phenoxy) is 1. The Labute approximate surface area is 90.6 Å². The van der Waals surface area contributed by atoms with Gasteiger partial charge in [-0.25, -0.2) is 0 Å². The minimum absolute atomic E-state index is 0.0983. The van der Waals surface area contributed by atoms with Crippen molar-refractivity contribution in [3.05, 3.63) is 29.3 Å². The molecule has 0 bridgehead atoms. The molecule has 0 spiro atoms. The summed E-state index contributed by atoms with van der Waals surface area (Å²) < 4.78 is 42.7. The van der Waals surface area contributed by atoms with Crippen LogP contribution in [0.15, 0.2) is 18.2 Å². The van der Waals surface area contributed by atoms with Crippen molar-refractivity contribution < 1.29 is 23.0 Å². The largest absolute Gasteiger partial charge is 0.497 e. The molecule has 1 atom stereocenters. The standard InChI is InChI=1S/C10H12F3NO2/c1-16-6-2-3-7(9(14)5-15)8(4-6)10(11,12)13/h2-4,9,15H,5,14H2,1H3. The molecule has 1 aromatic rings. The third kappa shape index (κ3) is 2.65. The Morgan fingerprint density at radius 3 is 2.50 bits per heavy atom. The number of methoxy groups -OCH3 is 1. The average molecular weight is 235 g/mol. The number of nitrogens with two attached hydrogens (primary N) is 1. The average Bonchev–Trinajstić information content (AvgIpc) is 2.26. The number of benzene rings is 1. The molecule has 0 saturated carbocycles. The minimum Gasteiger partial charge on any atom is -0.497 e. The van der Waals surface area contributed by atoms with Crippen molar-refractivity contribution in [1.29, 1.82) is 0 Å². The van der Waals surface area contributed by atoms with Crippen LogP contribution in [-0.4, -0.2) is 18.8 Å². The summed E-state index contributed by atoms with van der Waals surface area (Å²) in [6.45, 7) is -0.546. The molecule has 0 heterocycles. The number of alkyl halides is 3. The zero-order valence-electron chi connectivity index (χ0n) is 8.58. The van der Waals surface area contributed by atoms with Crippen LogP contribution in [0.25, 0.3) is 0 Å². The molecule has 1 aromatic carbocycles. The molecule has 3 N–H and O–H groups in total. The normalized spacial score (nSPS) is 13.6. The molecule has 3 nitrogen and oxygen atoms in total. The third-order valence-electron chi connectivity index (χ3n) is 2.16. The lowest BCUT2D eigenvalue weighted by Crippen LogP contribution is -2.20. The van der Waals surface area contributed by atoms with E-state index in [4.69, 9.17) is 15.6 Å². The van der Waals surface area contributed by atoms with Crippen LogP contribution in [0.3, 0.4) is 0 Å². The van der Waals surface area contributed by atoms with E-state index in [2.05, 4.69) is 0 Å². The van der Waals surface area contributed by atoms with Gasteiger partial charge in [-0.2, -0.15) is 13.2 Å². The summed E-state index contributed by atoms with van der Waals surface area (Å²) in [6, 6.07) is 2.40. The van der Waals surface area contributed by atoms with Gasteiger partial charge in [0.1, 0.15) is 5.75 Å². The first-order valence-corrected chi connectivity index (χ1v) is 4.51. The van der Waals surface area contributed by atoms with Crippen LogP contribution in [0.4, 0.5) is 13.2 Å². The van der Waals surface area contributed by atoms with E-state index >= 15 is 0 Å². The van der Waals surface area contributed by atoms with E-state index in [9.17, 15) is 13.2 Å². The van der Waals surface area contributed by atoms with Crippen molar-refractivity contribution in [2.45, 2.75) is 12.2 Å². The Morgan fingerprint density at radius 1 is 1.44 bits per heavy atom. The number of hydrogen-bond donors (Lipinski definition) is 2. The van der Waals surface area contributed by atoms with Crippen LogP contribution in [0.1, 0.15) is 17.2 Å². The summed E-state index contributed by atoms with van der Waals surface area (Å²) in [7, 11) is 1.28. The fraction of sp³-hybridized carbons (Fsp3) is 0.400. The van der Waals surface area contributed by atoms with E-state index in [1.165, 1.54) is 19.2 Å². The highest BCUT2D eigenvalue weighted by molar-refractivity contribution is 5.39. The third-order valence-corrected chi connectivity index (χ3v) is 2.16. The maximum absolute atomic E-state index is 12.7. The molecule has 6 heteroatoms. The predicted molar refractivity (Wildman–Crippen MR) is 52.0 cm³/mol. The summed E-state index contributed by atoms with van der Waals surface area (Å²) in [5.41, 5.74) is 4.37. The van der Waals surface area contributed by atoms with Crippen molar-refractivity contribution in [2.24, 2.45) is 5.73 Å². The second-order valence-corrected chi connectivity index (χ2v) is 3.24. The molecule has 1 unspecified atom stereocenters. The second kappa shape index (κ2) is 4.71. The molecular weight excluding hydrogens is 223 g/mol. The molecule has 0 radical (unpaired) electrons. The van der Waals surface area contributed by atoms with Crippen LogP contribution in [-0.2, 0) is 6.18 Å². The monoisotopic (exact) mass is 235 g/mol. The molecule has 0 aliphatic rings.